The second-order valence-electron chi connectivity index (χ2n) is 6.82. The molecule has 0 aromatic heterocycles. The Kier molecular flexibility index (Phi) is 3.99. The normalized spacial score (nSPS) is 14.2. The van der Waals surface area contributed by atoms with Gasteiger partial charge in [-0.1, -0.05) is 98.2 Å². The van der Waals surface area contributed by atoms with E-state index in [1.807, 2.05) is 0 Å². The zero-order chi connectivity index (χ0) is 16.5. The SMILES string of the molecule is CC(C)N1Cc2ccccc2-c2ccccc2B1c1ccccc1. The van der Waals surface area contributed by atoms with E-state index in [0.29, 0.717) is 6.04 Å². The minimum Gasteiger partial charge on any atom is -0.328 e. The van der Waals surface area contributed by atoms with Crippen LogP contribution in [0.15, 0.2) is 78.9 Å². The van der Waals surface area contributed by atoms with Gasteiger partial charge in [-0.25, -0.2) is 0 Å². The molecule has 1 aliphatic heterocycles. The standard InChI is InChI=1S/C22H22BN/c1-17(2)24-16-18-10-6-7-13-20(18)21-14-8-9-15-22(21)23(24)19-11-4-3-5-12-19/h3-15,17H,16H2,1-2H3. The Balaban J connectivity index is 1.99. The predicted molar refractivity (Wildman–Crippen MR) is 104 cm³/mol. The molecular weight excluding hydrogens is 289 g/mol. The number of hydrogen-bond donors (Lipinski definition) is 0. The van der Waals surface area contributed by atoms with E-state index in [2.05, 4.69) is 97.5 Å². The Bertz CT molecular complexity index is 841. The summed E-state index contributed by atoms with van der Waals surface area (Å²) in [7, 11) is 0. The van der Waals surface area contributed by atoms with Gasteiger partial charge in [0.1, 0.15) is 0 Å². The summed E-state index contributed by atoms with van der Waals surface area (Å²) in [5, 5.41) is 0. The van der Waals surface area contributed by atoms with Crippen LogP contribution in [0.1, 0.15) is 19.4 Å². The molecule has 1 nitrogen and oxygen atoms in total. The van der Waals surface area contributed by atoms with Gasteiger partial charge in [-0.15, -0.1) is 0 Å². The van der Waals surface area contributed by atoms with Gasteiger partial charge in [0.2, 0.25) is 0 Å². The maximum absolute atomic E-state index is 2.61. The van der Waals surface area contributed by atoms with Crippen LogP contribution in [-0.2, 0) is 6.54 Å². The Morgan fingerprint density at radius 3 is 2.12 bits per heavy atom. The van der Waals surface area contributed by atoms with E-state index < -0.39 is 0 Å². The van der Waals surface area contributed by atoms with Crippen LogP contribution in [0.25, 0.3) is 11.1 Å². The highest BCUT2D eigenvalue weighted by Crippen LogP contribution is 2.28. The van der Waals surface area contributed by atoms with Crippen LogP contribution >= 0.6 is 0 Å². The maximum Gasteiger partial charge on any atom is 0.293 e. The highest BCUT2D eigenvalue weighted by atomic mass is 15.1. The van der Waals surface area contributed by atoms with Gasteiger partial charge < -0.3 is 4.81 Å². The second-order valence-corrected chi connectivity index (χ2v) is 6.82. The van der Waals surface area contributed by atoms with Gasteiger partial charge in [0.05, 0.1) is 0 Å². The first-order chi connectivity index (χ1) is 11.8. The smallest absolute Gasteiger partial charge is 0.293 e. The quantitative estimate of drug-likeness (QED) is 0.653. The van der Waals surface area contributed by atoms with Gasteiger partial charge in [0.25, 0.3) is 6.85 Å². The molecule has 1 heterocycles. The lowest BCUT2D eigenvalue weighted by Gasteiger charge is -2.32. The summed E-state index contributed by atoms with van der Waals surface area (Å²) in [6.07, 6.45) is 0. The van der Waals surface area contributed by atoms with E-state index in [1.165, 1.54) is 27.6 Å². The van der Waals surface area contributed by atoms with Crippen LogP contribution in [0.5, 0.6) is 0 Å². The molecule has 2 heteroatoms. The van der Waals surface area contributed by atoms with Crippen LogP contribution in [0, 0.1) is 0 Å². The molecule has 24 heavy (non-hydrogen) atoms. The summed E-state index contributed by atoms with van der Waals surface area (Å²) in [4.78, 5) is 2.61. The molecule has 0 bridgehead atoms. The van der Waals surface area contributed by atoms with Crippen molar-refractivity contribution in [3.63, 3.8) is 0 Å². The van der Waals surface area contributed by atoms with Crippen molar-refractivity contribution >= 4 is 17.8 Å². The fraction of sp³-hybridized carbons (Fsp3) is 0.182. The summed E-state index contributed by atoms with van der Waals surface area (Å²) < 4.78 is 0. The van der Waals surface area contributed by atoms with Crippen LogP contribution in [0.3, 0.4) is 0 Å². The van der Waals surface area contributed by atoms with E-state index in [0.717, 1.165) is 6.54 Å². The zero-order valence-corrected chi connectivity index (χ0v) is 14.3. The average Bonchev–Trinajstić information content (AvgIpc) is 2.77. The number of rotatable bonds is 2. The van der Waals surface area contributed by atoms with Crippen LogP contribution in [0.2, 0.25) is 0 Å². The summed E-state index contributed by atoms with van der Waals surface area (Å²) in [6.45, 7) is 5.86. The number of benzene rings is 3. The third-order valence-electron chi connectivity index (χ3n) is 5.03. The summed E-state index contributed by atoms with van der Waals surface area (Å²) >= 11 is 0. The third kappa shape index (κ3) is 2.57. The molecule has 4 rings (SSSR count). The van der Waals surface area contributed by atoms with E-state index in [4.69, 9.17) is 0 Å². The molecule has 0 saturated heterocycles. The first kappa shape index (κ1) is 15.2. The zero-order valence-electron chi connectivity index (χ0n) is 14.3. The van der Waals surface area contributed by atoms with Crippen LogP contribution < -0.4 is 10.9 Å². The molecule has 0 spiro atoms. The molecule has 0 unspecified atom stereocenters. The van der Waals surface area contributed by atoms with Crippen LogP contribution in [0.4, 0.5) is 0 Å². The van der Waals surface area contributed by atoms with Gasteiger partial charge >= 0.3 is 0 Å². The lowest BCUT2D eigenvalue weighted by atomic mass is 9.48. The van der Waals surface area contributed by atoms with E-state index in [-0.39, 0.29) is 6.85 Å². The molecule has 0 amide bonds. The van der Waals surface area contributed by atoms with Gasteiger partial charge in [-0.2, -0.15) is 0 Å². The van der Waals surface area contributed by atoms with Crippen molar-refractivity contribution in [3.05, 3.63) is 84.4 Å². The molecule has 0 saturated carbocycles. The largest absolute Gasteiger partial charge is 0.328 e. The Hall–Kier alpha value is -2.32. The molecule has 0 fully saturated rings. The van der Waals surface area contributed by atoms with Crippen molar-refractivity contribution in [2.75, 3.05) is 0 Å². The number of hydrogen-bond acceptors (Lipinski definition) is 1. The highest BCUT2D eigenvalue weighted by Gasteiger charge is 2.34. The van der Waals surface area contributed by atoms with Crippen molar-refractivity contribution in [1.29, 1.82) is 0 Å². The van der Waals surface area contributed by atoms with Gasteiger partial charge in [-0.3, -0.25) is 0 Å². The topological polar surface area (TPSA) is 3.24 Å². The fourth-order valence-corrected chi connectivity index (χ4v) is 3.86. The Morgan fingerprint density at radius 1 is 0.750 bits per heavy atom. The molecule has 0 atom stereocenters. The third-order valence-corrected chi connectivity index (χ3v) is 5.03. The number of fused-ring (bicyclic) bond motifs is 3. The predicted octanol–water partition coefficient (Wildman–Crippen LogP) is 3.68. The van der Waals surface area contributed by atoms with Crippen molar-refractivity contribution in [2.24, 2.45) is 0 Å². The summed E-state index contributed by atoms with van der Waals surface area (Å²) in [5.74, 6) is 0. The monoisotopic (exact) mass is 311 g/mol. The minimum atomic E-state index is 0.287. The Labute approximate surface area is 145 Å². The van der Waals surface area contributed by atoms with Gasteiger partial charge in [0, 0.05) is 6.54 Å². The molecular formula is C22H22BN. The fourth-order valence-electron chi connectivity index (χ4n) is 3.86. The van der Waals surface area contributed by atoms with Crippen molar-refractivity contribution < 1.29 is 0 Å². The molecule has 0 N–H and O–H groups in total. The van der Waals surface area contributed by atoms with Gasteiger partial charge in [0.15, 0.2) is 0 Å². The minimum absolute atomic E-state index is 0.287. The summed E-state index contributed by atoms with van der Waals surface area (Å²) in [6, 6.07) is 29.1. The molecule has 3 aromatic carbocycles. The van der Waals surface area contributed by atoms with Crippen molar-refractivity contribution in [3.8, 4) is 11.1 Å². The molecule has 3 aromatic rings. The second kappa shape index (κ2) is 6.29. The van der Waals surface area contributed by atoms with Crippen LogP contribution in [-0.4, -0.2) is 17.7 Å². The first-order valence-electron chi connectivity index (χ1n) is 8.73. The Morgan fingerprint density at radius 2 is 1.38 bits per heavy atom. The lowest BCUT2D eigenvalue weighted by molar-refractivity contribution is 0.364. The molecule has 0 aliphatic carbocycles. The van der Waals surface area contributed by atoms with Crippen molar-refractivity contribution in [1.82, 2.24) is 4.81 Å². The molecule has 1 aliphatic rings. The van der Waals surface area contributed by atoms with Gasteiger partial charge in [-0.05, 0) is 28.2 Å². The van der Waals surface area contributed by atoms with E-state index >= 15 is 0 Å². The number of nitrogens with zero attached hydrogens (tertiary/aromatic N) is 1. The van der Waals surface area contributed by atoms with E-state index in [9.17, 15) is 0 Å². The maximum atomic E-state index is 2.61. The van der Waals surface area contributed by atoms with Crippen molar-refractivity contribution in [2.45, 2.75) is 26.4 Å². The first-order valence-corrected chi connectivity index (χ1v) is 8.73. The lowest BCUT2D eigenvalue weighted by Crippen LogP contribution is -2.58. The van der Waals surface area contributed by atoms with E-state index in [1.54, 1.807) is 0 Å². The highest BCUT2D eigenvalue weighted by molar-refractivity contribution is 6.84. The molecule has 0 radical (unpaired) electrons. The molecule has 118 valence electrons. The average molecular weight is 311 g/mol. The summed E-state index contributed by atoms with van der Waals surface area (Å²) in [5.41, 5.74) is 6.92.